The number of aryl methyl sites for hydroxylation is 1. The van der Waals surface area contributed by atoms with Crippen molar-refractivity contribution in [2.24, 2.45) is 0 Å². The van der Waals surface area contributed by atoms with Crippen molar-refractivity contribution in [1.82, 2.24) is 0 Å². The molecule has 1 fully saturated rings. The van der Waals surface area contributed by atoms with Gasteiger partial charge in [-0.3, -0.25) is 4.79 Å². The summed E-state index contributed by atoms with van der Waals surface area (Å²) in [5.41, 5.74) is 3.13. The normalized spacial score (nSPS) is 14.0. The Kier molecular flexibility index (Phi) is 5.94. The number of aromatic nitrogens is 1. The molecule has 1 saturated heterocycles. The molecule has 1 aliphatic heterocycles. The number of nitrogens with zero attached hydrogens (tertiary/aromatic N) is 2. The van der Waals surface area contributed by atoms with E-state index in [9.17, 15) is 4.79 Å². The maximum absolute atomic E-state index is 12.1. The predicted octanol–water partition coefficient (Wildman–Crippen LogP) is 0.240. The van der Waals surface area contributed by atoms with Crippen LogP contribution in [0.3, 0.4) is 0 Å². The zero-order valence-electron chi connectivity index (χ0n) is 13.3. The summed E-state index contributed by atoms with van der Waals surface area (Å²) in [7, 11) is 0. The Hall–Kier alpha value is -2.13. The minimum absolute atomic E-state index is 0. The van der Waals surface area contributed by atoms with E-state index in [4.69, 9.17) is 0 Å². The van der Waals surface area contributed by atoms with Crippen molar-refractivity contribution in [2.45, 2.75) is 19.8 Å². The molecule has 2 heterocycles. The maximum Gasteiger partial charge on any atom is 0.191 e. The van der Waals surface area contributed by atoms with Gasteiger partial charge in [0.15, 0.2) is 24.4 Å². The molecule has 0 aliphatic carbocycles. The van der Waals surface area contributed by atoms with Gasteiger partial charge in [0, 0.05) is 36.5 Å². The lowest BCUT2D eigenvalue weighted by Crippen LogP contribution is -3.00. The second-order valence-electron chi connectivity index (χ2n) is 5.74. The van der Waals surface area contributed by atoms with E-state index < -0.39 is 0 Å². The molecule has 1 aromatic heterocycles. The van der Waals surface area contributed by atoms with Crippen molar-refractivity contribution in [3.8, 4) is 0 Å². The van der Waals surface area contributed by atoms with Crippen LogP contribution < -0.4 is 21.9 Å². The smallest absolute Gasteiger partial charge is 0.191 e. The molecule has 0 spiro atoms. The Balaban J connectivity index is 0.00000192. The molecule has 0 amide bonds. The van der Waals surface area contributed by atoms with Crippen LogP contribution in [0.1, 0.15) is 28.8 Å². The zero-order chi connectivity index (χ0) is 15.4. The van der Waals surface area contributed by atoms with E-state index in [1.54, 1.807) is 12.3 Å². The molecule has 1 aromatic carbocycles. The predicted molar refractivity (Wildman–Crippen MR) is 88.9 cm³/mol. The number of allylic oxidation sites excluding steroid dienone is 1. The van der Waals surface area contributed by atoms with Gasteiger partial charge in [-0.25, -0.2) is 0 Å². The van der Waals surface area contributed by atoms with E-state index in [0.717, 1.165) is 24.2 Å². The summed E-state index contributed by atoms with van der Waals surface area (Å²) in [5, 5.41) is 0. The average Bonchev–Trinajstić information content (AvgIpc) is 3.08. The third-order valence-corrected chi connectivity index (χ3v) is 4.04. The minimum Gasteiger partial charge on any atom is -1.00 e. The number of halogens is 1. The summed E-state index contributed by atoms with van der Waals surface area (Å²) < 4.78 is 1.91. The number of hydrogen-bond donors (Lipinski definition) is 0. The van der Waals surface area contributed by atoms with Gasteiger partial charge < -0.3 is 17.3 Å². The molecule has 0 N–H and O–H groups in total. The first-order chi connectivity index (χ1) is 10.7. The minimum atomic E-state index is 0. The number of anilines is 1. The average molecular weight is 329 g/mol. The van der Waals surface area contributed by atoms with Crippen LogP contribution >= 0.6 is 0 Å². The third-order valence-electron chi connectivity index (χ3n) is 4.04. The Bertz CT molecular complexity index is 672. The van der Waals surface area contributed by atoms with Gasteiger partial charge in [-0.05, 0) is 19.8 Å². The van der Waals surface area contributed by atoms with Crippen LogP contribution in [-0.4, -0.2) is 18.9 Å². The molecule has 4 heteroatoms. The van der Waals surface area contributed by atoms with Gasteiger partial charge in [0.25, 0.3) is 0 Å². The molecule has 0 unspecified atom stereocenters. The fourth-order valence-corrected chi connectivity index (χ4v) is 2.68. The van der Waals surface area contributed by atoms with Gasteiger partial charge >= 0.3 is 0 Å². The lowest BCUT2D eigenvalue weighted by molar-refractivity contribution is -0.568. The largest absolute Gasteiger partial charge is 1.00 e. The summed E-state index contributed by atoms with van der Waals surface area (Å²) in [6, 6.07) is 11.8. The highest BCUT2D eigenvalue weighted by Crippen LogP contribution is 2.17. The lowest BCUT2D eigenvalue weighted by atomic mass is 10.1. The highest BCUT2D eigenvalue weighted by molar-refractivity contribution is 6.05. The van der Waals surface area contributed by atoms with Gasteiger partial charge in [0.05, 0.1) is 6.08 Å². The van der Waals surface area contributed by atoms with E-state index >= 15 is 0 Å². The van der Waals surface area contributed by atoms with Crippen molar-refractivity contribution in [1.29, 1.82) is 0 Å². The molecule has 23 heavy (non-hydrogen) atoms. The number of carbonyl (C=O) groups excluding carboxylic acids is 1. The first-order valence-corrected chi connectivity index (χ1v) is 7.77. The number of pyridine rings is 1. The first-order valence-electron chi connectivity index (χ1n) is 7.77. The van der Waals surface area contributed by atoms with Crippen molar-refractivity contribution in [3.63, 3.8) is 0 Å². The second-order valence-corrected chi connectivity index (χ2v) is 5.74. The van der Waals surface area contributed by atoms with Crippen molar-refractivity contribution in [2.75, 3.05) is 18.0 Å². The van der Waals surface area contributed by atoms with Gasteiger partial charge in [0.2, 0.25) is 0 Å². The molecular weight excluding hydrogens is 308 g/mol. The number of benzene rings is 1. The topological polar surface area (TPSA) is 24.2 Å². The Morgan fingerprint density at radius 1 is 1.04 bits per heavy atom. The molecule has 0 bridgehead atoms. The summed E-state index contributed by atoms with van der Waals surface area (Å²) in [5.74, 6) is 0.0242. The molecule has 3 rings (SSSR count). The maximum atomic E-state index is 12.1. The molecule has 0 radical (unpaired) electrons. The zero-order valence-corrected chi connectivity index (χ0v) is 14.0. The summed E-state index contributed by atoms with van der Waals surface area (Å²) >= 11 is 0. The van der Waals surface area contributed by atoms with Crippen LogP contribution in [0, 0.1) is 6.92 Å². The van der Waals surface area contributed by atoms with Crippen LogP contribution in [0.5, 0.6) is 0 Å². The van der Waals surface area contributed by atoms with Gasteiger partial charge in [-0.1, -0.05) is 29.8 Å². The number of rotatable bonds is 4. The van der Waals surface area contributed by atoms with Crippen molar-refractivity contribution >= 4 is 17.7 Å². The molecule has 3 nitrogen and oxygen atoms in total. The highest BCUT2D eigenvalue weighted by Gasteiger charge is 2.13. The summed E-state index contributed by atoms with van der Waals surface area (Å²) in [6.45, 7) is 4.30. The number of ketones is 1. The van der Waals surface area contributed by atoms with E-state index in [2.05, 4.69) is 17.0 Å². The van der Waals surface area contributed by atoms with Crippen LogP contribution in [-0.2, 0) is 0 Å². The van der Waals surface area contributed by atoms with Gasteiger partial charge in [0.1, 0.15) is 0 Å². The molecule has 120 valence electrons. The number of hydrogen-bond acceptors (Lipinski definition) is 2. The van der Waals surface area contributed by atoms with Crippen LogP contribution in [0.4, 0.5) is 5.69 Å². The standard InChI is InChI=1S/C19H21N2O.ClH/c1-16-4-6-17(7-5-16)19(22)10-15-20-13-8-18(9-14-20)21-11-2-3-12-21;/h4-10,13-15H,2-3,11-12H2,1H3;1H/q+1;/p-1. The Morgan fingerprint density at radius 3 is 2.26 bits per heavy atom. The van der Waals surface area contributed by atoms with Gasteiger partial charge in [-0.2, -0.15) is 4.57 Å². The molecule has 2 aromatic rings. The fourth-order valence-electron chi connectivity index (χ4n) is 2.68. The lowest BCUT2D eigenvalue weighted by Gasteiger charge is -2.15. The Labute approximate surface area is 143 Å². The van der Waals surface area contributed by atoms with E-state index in [-0.39, 0.29) is 18.2 Å². The van der Waals surface area contributed by atoms with Crippen LogP contribution in [0.15, 0.2) is 54.9 Å². The summed E-state index contributed by atoms with van der Waals surface area (Å²) in [6.07, 6.45) is 9.95. The van der Waals surface area contributed by atoms with Crippen molar-refractivity contribution < 1.29 is 21.8 Å². The first kappa shape index (κ1) is 17.2. The van der Waals surface area contributed by atoms with Crippen LogP contribution in [0.25, 0.3) is 6.20 Å². The highest BCUT2D eigenvalue weighted by atomic mass is 35.5. The molecular formula is C19H21ClN2O. The molecule has 0 atom stereocenters. The quantitative estimate of drug-likeness (QED) is 0.456. The van der Waals surface area contributed by atoms with E-state index in [0.29, 0.717) is 0 Å². The van der Waals surface area contributed by atoms with E-state index in [1.807, 2.05) is 48.1 Å². The monoisotopic (exact) mass is 328 g/mol. The van der Waals surface area contributed by atoms with Crippen molar-refractivity contribution in [3.05, 3.63) is 66.0 Å². The fraction of sp³-hybridized carbons (Fsp3) is 0.263. The third kappa shape index (κ3) is 4.42. The SMILES string of the molecule is Cc1ccc(C(=O)C=C[n+]2ccc(N3CCCC3)cc2)cc1.[Cl-]. The second kappa shape index (κ2) is 7.93. The molecule has 1 aliphatic rings. The van der Waals surface area contributed by atoms with Crippen LogP contribution in [0.2, 0.25) is 0 Å². The van der Waals surface area contributed by atoms with E-state index in [1.165, 1.54) is 18.5 Å². The Morgan fingerprint density at radius 2 is 1.65 bits per heavy atom. The van der Waals surface area contributed by atoms with Gasteiger partial charge in [-0.15, -0.1) is 0 Å². The number of carbonyl (C=O) groups is 1. The molecule has 0 saturated carbocycles. The summed E-state index contributed by atoms with van der Waals surface area (Å²) in [4.78, 5) is 14.5.